The number of amides is 8. The molecule has 0 aliphatic carbocycles. The molecule has 21 heteroatoms. The van der Waals surface area contributed by atoms with Gasteiger partial charge in [0, 0.05) is 5.75 Å². The van der Waals surface area contributed by atoms with Crippen molar-refractivity contribution in [2.45, 2.75) is 97.6 Å². The van der Waals surface area contributed by atoms with E-state index in [0.717, 1.165) is 0 Å². The summed E-state index contributed by atoms with van der Waals surface area (Å²) >= 11 is 3.92. The first kappa shape index (κ1) is 48.5. The molecule has 20 nitrogen and oxygen atoms in total. The molecule has 0 aromatic heterocycles. The minimum absolute atomic E-state index is 0.0503. The molecule has 53 heavy (non-hydrogen) atoms. The average Bonchev–Trinajstić information content (AvgIpc) is 3.07. The maximum atomic E-state index is 13.0. The Morgan fingerprint density at radius 1 is 0.566 bits per heavy atom. The van der Waals surface area contributed by atoms with Crippen molar-refractivity contribution in [1.82, 2.24) is 42.5 Å². The maximum Gasteiger partial charge on any atom is 0.325 e. The molecule has 0 heterocycles. The molecular weight excluding hydrogens is 718 g/mol. The highest BCUT2D eigenvalue weighted by Crippen LogP contribution is 2.07. The van der Waals surface area contributed by atoms with Crippen LogP contribution in [-0.2, 0) is 43.2 Å². The Morgan fingerprint density at radius 3 is 1.38 bits per heavy atom. The van der Waals surface area contributed by atoms with Gasteiger partial charge >= 0.3 is 5.97 Å². The minimum atomic E-state index is -1.52. The summed E-state index contributed by atoms with van der Waals surface area (Å²) in [5.41, 5.74) is 5.56. The Labute approximate surface area is 314 Å². The maximum absolute atomic E-state index is 13.0. The number of carboxylic acid groups (broad SMARTS) is 1. The zero-order valence-electron chi connectivity index (χ0n) is 31.2. The van der Waals surface area contributed by atoms with E-state index < -0.39 is 122 Å². The molecule has 6 atom stereocenters. The van der Waals surface area contributed by atoms with Gasteiger partial charge in [-0.3, -0.25) is 43.2 Å². The number of nitrogens with two attached hydrogens (primary N) is 1. The summed E-state index contributed by atoms with van der Waals surface area (Å²) in [7, 11) is 0. The predicted octanol–water partition coefficient (Wildman–Crippen LogP) is -4.14. The van der Waals surface area contributed by atoms with Crippen LogP contribution >= 0.6 is 12.6 Å². The SMILES string of the molecule is CC(C)C[C@H](NC(=O)CNC(=O)[C@H](CO)NC(=O)[C@H](CC(C)C)NC(=O)CNC(=O)[C@@H](N)CS)C(=O)NCC(=O)N[C@H](C(=O)N[C@@H](C)C(=O)O)C(C)C. The van der Waals surface area contributed by atoms with Gasteiger partial charge in [-0.2, -0.15) is 12.6 Å². The van der Waals surface area contributed by atoms with Gasteiger partial charge in [-0.1, -0.05) is 41.5 Å². The first-order valence-corrected chi connectivity index (χ1v) is 17.8. The summed E-state index contributed by atoms with van der Waals surface area (Å²) in [6.45, 7) is 9.10. The van der Waals surface area contributed by atoms with Crippen molar-refractivity contribution in [3.05, 3.63) is 0 Å². The van der Waals surface area contributed by atoms with E-state index >= 15 is 0 Å². The van der Waals surface area contributed by atoms with Crippen LogP contribution < -0.4 is 48.3 Å². The number of hydrogen-bond donors (Lipinski definition) is 12. The molecule has 0 saturated heterocycles. The second-order valence-electron chi connectivity index (χ2n) is 13.5. The third kappa shape index (κ3) is 19.8. The zero-order chi connectivity index (χ0) is 41.0. The molecule has 0 saturated carbocycles. The summed E-state index contributed by atoms with van der Waals surface area (Å²) in [5.74, 6) is -7.91. The molecule has 0 unspecified atom stereocenters. The number of rotatable bonds is 24. The average molecular weight is 776 g/mol. The number of thiol groups is 1. The summed E-state index contributed by atoms with van der Waals surface area (Å²) < 4.78 is 0. The molecule has 12 N–H and O–H groups in total. The topological polar surface area (TPSA) is 316 Å². The van der Waals surface area contributed by atoms with E-state index in [1.54, 1.807) is 41.5 Å². The van der Waals surface area contributed by atoms with E-state index in [-0.39, 0.29) is 30.4 Å². The second-order valence-corrected chi connectivity index (χ2v) is 13.9. The van der Waals surface area contributed by atoms with Gasteiger partial charge in [-0.05, 0) is 37.5 Å². The first-order chi connectivity index (χ1) is 24.6. The highest BCUT2D eigenvalue weighted by Gasteiger charge is 2.30. The highest BCUT2D eigenvalue weighted by molar-refractivity contribution is 7.80. The van der Waals surface area contributed by atoms with Crippen LogP contribution in [0.3, 0.4) is 0 Å². The largest absolute Gasteiger partial charge is 0.480 e. The van der Waals surface area contributed by atoms with Crippen molar-refractivity contribution in [2.24, 2.45) is 23.5 Å². The van der Waals surface area contributed by atoms with Crippen LogP contribution in [0.15, 0.2) is 0 Å². The number of aliphatic hydroxyl groups excluding tert-OH is 1. The van der Waals surface area contributed by atoms with Crippen LogP contribution in [0, 0.1) is 17.8 Å². The van der Waals surface area contributed by atoms with Crippen molar-refractivity contribution < 1.29 is 53.4 Å². The Bertz CT molecular complexity index is 1300. The van der Waals surface area contributed by atoms with Gasteiger partial charge in [-0.15, -0.1) is 0 Å². The zero-order valence-corrected chi connectivity index (χ0v) is 32.1. The van der Waals surface area contributed by atoms with Crippen LogP contribution in [-0.4, -0.2) is 132 Å². The molecule has 0 spiro atoms. The van der Waals surface area contributed by atoms with Gasteiger partial charge < -0.3 is 58.5 Å². The van der Waals surface area contributed by atoms with Crippen LogP contribution in [0.1, 0.15) is 61.3 Å². The van der Waals surface area contributed by atoms with Gasteiger partial charge in [0.25, 0.3) is 0 Å². The molecule has 0 bridgehead atoms. The molecule has 0 aromatic carbocycles. The van der Waals surface area contributed by atoms with E-state index in [4.69, 9.17) is 10.8 Å². The van der Waals surface area contributed by atoms with Gasteiger partial charge in [0.2, 0.25) is 47.3 Å². The third-order valence-electron chi connectivity index (χ3n) is 7.33. The van der Waals surface area contributed by atoms with E-state index in [1.165, 1.54) is 6.92 Å². The molecule has 8 amide bonds. The van der Waals surface area contributed by atoms with E-state index in [2.05, 4.69) is 55.2 Å². The van der Waals surface area contributed by atoms with Crippen molar-refractivity contribution >= 4 is 65.9 Å². The van der Waals surface area contributed by atoms with Gasteiger partial charge in [0.1, 0.15) is 30.2 Å². The summed E-state index contributed by atoms with van der Waals surface area (Å²) in [4.78, 5) is 112. The minimum Gasteiger partial charge on any atom is -0.480 e. The number of aliphatic carboxylic acids is 1. The van der Waals surface area contributed by atoms with Gasteiger partial charge in [0.15, 0.2) is 0 Å². The molecule has 0 radical (unpaired) electrons. The molecule has 0 aliphatic rings. The number of carbonyl (C=O) groups excluding carboxylic acids is 8. The molecule has 0 aromatic rings. The fourth-order valence-electron chi connectivity index (χ4n) is 4.45. The third-order valence-corrected chi connectivity index (χ3v) is 7.72. The predicted molar refractivity (Wildman–Crippen MR) is 195 cm³/mol. The fraction of sp³-hybridized carbons (Fsp3) is 0.719. The van der Waals surface area contributed by atoms with Crippen molar-refractivity contribution in [1.29, 1.82) is 0 Å². The van der Waals surface area contributed by atoms with Crippen molar-refractivity contribution in [2.75, 3.05) is 32.0 Å². The normalized spacial score (nSPS) is 14.4. The van der Waals surface area contributed by atoms with Crippen LogP contribution in [0.5, 0.6) is 0 Å². The number of carbonyl (C=O) groups is 9. The van der Waals surface area contributed by atoms with E-state index in [0.29, 0.717) is 0 Å². The Kier molecular flexibility index (Phi) is 22.6. The molecule has 0 fully saturated rings. The molecule has 0 rings (SSSR count). The monoisotopic (exact) mass is 775 g/mol. The summed E-state index contributed by atoms with van der Waals surface area (Å²) in [6.07, 6.45) is 0.283. The van der Waals surface area contributed by atoms with Crippen LogP contribution in [0.4, 0.5) is 0 Å². The van der Waals surface area contributed by atoms with Gasteiger partial charge in [-0.25, -0.2) is 0 Å². The fourth-order valence-corrected chi connectivity index (χ4v) is 4.62. The lowest BCUT2D eigenvalue weighted by Gasteiger charge is -2.24. The lowest BCUT2D eigenvalue weighted by Crippen LogP contribution is -2.57. The van der Waals surface area contributed by atoms with Crippen molar-refractivity contribution in [3.63, 3.8) is 0 Å². The van der Waals surface area contributed by atoms with E-state index in [9.17, 15) is 48.3 Å². The van der Waals surface area contributed by atoms with Crippen LogP contribution in [0.2, 0.25) is 0 Å². The highest BCUT2D eigenvalue weighted by atomic mass is 32.1. The second kappa shape index (κ2) is 24.7. The van der Waals surface area contributed by atoms with Crippen molar-refractivity contribution in [3.8, 4) is 0 Å². The number of hydrogen-bond acceptors (Lipinski definition) is 12. The molecular formula is C32H57N9O11S. The van der Waals surface area contributed by atoms with E-state index in [1.807, 2.05) is 0 Å². The first-order valence-electron chi connectivity index (χ1n) is 17.1. The van der Waals surface area contributed by atoms with Crippen LogP contribution in [0.25, 0.3) is 0 Å². The quantitative estimate of drug-likeness (QED) is 0.0416. The smallest absolute Gasteiger partial charge is 0.325 e. The lowest BCUT2D eigenvalue weighted by molar-refractivity contribution is -0.142. The number of carboxylic acids is 1. The summed E-state index contributed by atoms with van der Waals surface area (Å²) in [5, 5.41) is 37.8. The number of aliphatic hydroxyl groups is 1. The Hall–Kier alpha value is -4.50. The van der Waals surface area contributed by atoms with Gasteiger partial charge in [0.05, 0.1) is 32.3 Å². The number of nitrogens with one attached hydrogen (secondary N) is 8. The molecule has 0 aliphatic heterocycles. The Morgan fingerprint density at radius 2 is 0.981 bits per heavy atom. The summed E-state index contributed by atoms with van der Waals surface area (Å²) in [6, 6.07) is -7.03. The molecule has 302 valence electrons. The lowest BCUT2D eigenvalue weighted by atomic mass is 10.0. The Balaban J connectivity index is 5.30. The standard InChI is InChI=1S/C32H57N9O11S/c1-15(2)8-20(28(47)35-12-25(45)41-26(17(5)6)31(50)37-18(7)32(51)52)38-24(44)11-36-29(48)22(13-42)40-30(49)21(9-16(3)4)39-23(43)10-34-27(46)19(33)14-53/h15-22,26,42,53H,8-14,33H2,1-7H3,(H,34,46)(H,35,47)(H,36,48)(H,37,50)(H,38,44)(H,39,43)(H,40,49)(H,41,45)(H,51,52)/t18-,19-,20-,21-,22-,26-/m0/s1.